The van der Waals surface area contributed by atoms with Crippen LogP contribution in [0.3, 0.4) is 0 Å². The van der Waals surface area contributed by atoms with E-state index in [1.165, 1.54) is 25.7 Å². The van der Waals surface area contributed by atoms with Gasteiger partial charge in [-0.1, -0.05) is 19.8 Å². The van der Waals surface area contributed by atoms with Crippen molar-refractivity contribution in [2.24, 2.45) is 10.4 Å². The van der Waals surface area contributed by atoms with Crippen molar-refractivity contribution < 1.29 is 9.47 Å². The predicted molar refractivity (Wildman–Crippen MR) is 108 cm³/mol. The van der Waals surface area contributed by atoms with Gasteiger partial charge in [0.15, 0.2) is 5.96 Å². The van der Waals surface area contributed by atoms with E-state index >= 15 is 0 Å². The lowest BCUT2D eigenvalue weighted by Crippen LogP contribution is -2.49. The molecule has 1 saturated carbocycles. The van der Waals surface area contributed by atoms with Gasteiger partial charge >= 0.3 is 0 Å². The first-order valence-electron chi connectivity index (χ1n) is 9.83. The number of guanidine groups is 1. The van der Waals surface area contributed by atoms with Crippen LogP contribution in [-0.2, 0) is 9.47 Å². The summed E-state index contributed by atoms with van der Waals surface area (Å²) >= 11 is 2.06. The molecule has 0 aromatic carbocycles. The van der Waals surface area contributed by atoms with Crippen LogP contribution in [0.4, 0.5) is 0 Å². The van der Waals surface area contributed by atoms with Gasteiger partial charge in [-0.05, 0) is 43.3 Å². The Hall–Kier alpha value is -0.460. The fourth-order valence-electron chi connectivity index (χ4n) is 4.12. The maximum Gasteiger partial charge on any atom is 0.191 e. The summed E-state index contributed by atoms with van der Waals surface area (Å²) in [5, 5.41) is 7.20. The lowest BCUT2D eigenvalue weighted by atomic mass is 9.83. The Morgan fingerprint density at radius 2 is 1.80 bits per heavy atom. The van der Waals surface area contributed by atoms with E-state index < -0.39 is 0 Å². The van der Waals surface area contributed by atoms with E-state index in [4.69, 9.17) is 9.47 Å². The third kappa shape index (κ3) is 6.33. The van der Waals surface area contributed by atoms with Crippen molar-refractivity contribution in [1.29, 1.82) is 0 Å². The Bertz CT molecular complexity index is 400. The van der Waals surface area contributed by atoms with Gasteiger partial charge in [0.05, 0.1) is 0 Å². The molecule has 5 nitrogen and oxygen atoms in total. The Kier molecular flexibility index (Phi) is 8.87. The molecule has 6 heteroatoms. The Morgan fingerprint density at radius 3 is 2.40 bits per heavy atom. The number of hydrogen-bond donors (Lipinski definition) is 2. The van der Waals surface area contributed by atoms with Crippen molar-refractivity contribution in [3.63, 3.8) is 0 Å². The highest BCUT2D eigenvalue weighted by Gasteiger charge is 2.35. The minimum absolute atomic E-state index is 0.283. The molecule has 2 N–H and O–H groups in total. The van der Waals surface area contributed by atoms with E-state index in [2.05, 4.69) is 34.3 Å². The molecule has 0 unspecified atom stereocenters. The van der Waals surface area contributed by atoms with Crippen LogP contribution in [0.25, 0.3) is 0 Å². The molecule has 0 atom stereocenters. The zero-order valence-electron chi connectivity index (χ0n) is 16.4. The summed E-state index contributed by atoms with van der Waals surface area (Å²) in [6.07, 6.45) is 8.66. The van der Waals surface area contributed by atoms with Gasteiger partial charge in [0.1, 0.15) is 0 Å². The summed E-state index contributed by atoms with van der Waals surface area (Å²) in [4.78, 5) is 4.46. The first-order valence-corrected chi connectivity index (χ1v) is 10.8. The highest BCUT2D eigenvalue weighted by molar-refractivity contribution is 8.00. The van der Waals surface area contributed by atoms with E-state index in [1.54, 1.807) is 7.11 Å². The Labute approximate surface area is 158 Å². The number of nitrogens with zero attached hydrogens (tertiary/aromatic N) is 1. The zero-order chi connectivity index (χ0) is 18.0. The third-order valence-electron chi connectivity index (χ3n) is 5.79. The lowest BCUT2D eigenvalue weighted by molar-refractivity contribution is 0.0782. The molecule has 0 spiro atoms. The fourth-order valence-corrected chi connectivity index (χ4v) is 5.36. The second kappa shape index (κ2) is 10.6. The van der Waals surface area contributed by atoms with Crippen LogP contribution in [0.2, 0.25) is 0 Å². The van der Waals surface area contributed by atoms with E-state index in [9.17, 15) is 0 Å². The zero-order valence-corrected chi connectivity index (χ0v) is 17.2. The molecule has 146 valence electrons. The van der Waals surface area contributed by atoms with Crippen LogP contribution in [-0.4, -0.2) is 63.5 Å². The molecular formula is C19H37N3O2S. The summed E-state index contributed by atoms with van der Waals surface area (Å²) in [7, 11) is 3.67. The second-order valence-corrected chi connectivity index (χ2v) is 9.19. The summed E-state index contributed by atoms with van der Waals surface area (Å²) in [6.45, 7) is 6.80. The Morgan fingerprint density at radius 1 is 1.12 bits per heavy atom. The molecule has 2 rings (SSSR count). The predicted octanol–water partition coefficient (Wildman–Crippen LogP) is 3.05. The first kappa shape index (κ1) is 20.8. The molecular weight excluding hydrogens is 334 g/mol. The van der Waals surface area contributed by atoms with Crippen LogP contribution in [0.15, 0.2) is 4.99 Å². The average molecular weight is 372 g/mol. The van der Waals surface area contributed by atoms with Crippen LogP contribution in [0, 0.1) is 5.41 Å². The molecule has 1 saturated heterocycles. The molecule has 0 radical (unpaired) electrons. The molecule has 0 amide bonds. The lowest BCUT2D eigenvalue weighted by Gasteiger charge is -2.37. The molecule has 0 aromatic rings. The Balaban J connectivity index is 1.84. The van der Waals surface area contributed by atoms with Crippen LogP contribution < -0.4 is 10.6 Å². The minimum atomic E-state index is 0.283. The molecule has 1 heterocycles. The van der Waals surface area contributed by atoms with Gasteiger partial charge in [-0.2, -0.15) is 11.8 Å². The monoisotopic (exact) mass is 371 g/mol. The largest absolute Gasteiger partial charge is 0.385 e. The highest BCUT2D eigenvalue weighted by atomic mass is 32.2. The van der Waals surface area contributed by atoms with Crippen molar-refractivity contribution in [1.82, 2.24) is 10.6 Å². The number of aliphatic imine (C=N–C) groups is 1. The van der Waals surface area contributed by atoms with Crippen LogP contribution >= 0.6 is 11.8 Å². The van der Waals surface area contributed by atoms with Gasteiger partial charge in [0.25, 0.3) is 0 Å². The highest BCUT2D eigenvalue weighted by Crippen LogP contribution is 2.40. The molecule has 0 aromatic heterocycles. The molecule has 1 aliphatic heterocycles. The van der Waals surface area contributed by atoms with Gasteiger partial charge in [-0.25, -0.2) is 0 Å². The number of nitrogens with one attached hydrogen (secondary N) is 2. The molecule has 2 fully saturated rings. The van der Waals surface area contributed by atoms with Crippen molar-refractivity contribution >= 4 is 17.7 Å². The molecule has 25 heavy (non-hydrogen) atoms. The third-order valence-corrected chi connectivity index (χ3v) is 7.24. The standard InChI is InChI=1S/C19H37N3O2S/c1-4-25-19(10-13-24-14-11-19)16-22-17(20-2)21-15-18(9-12-23-3)7-5-6-8-18/h4-16H2,1-3H3,(H2,20,21,22). The van der Waals surface area contributed by atoms with E-state index in [1.807, 2.05) is 7.05 Å². The molecule has 2 aliphatic rings. The smallest absolute Gasteiger partial charge is 0.191 e. The molecule has 0 bridgehead atoms. The number of ether oxygens (including phenoxy) is 2. The maximum absolute atomic E-state index is 5.57. The van der Waals surface area contributed by atoms with Gasteiger partial charge in [0, 0.05) is 51.8 Å². The van der Waals surface area contributed by atoms with Crippen LogP contribution in [0.1, 0.15) is 51.9 Å². The number of rotatable bonds is 9. The van der Waals surface area contributed by atoms with Gasteiger partial charge in [0.2, 0.25) is 0 Å². The number of thioether (sulfide) groups is 1. The van der Waals surface area contributed by atoms with Crippen molar-refractivity contribution in [3.8, 4) is 0 Å². The fraction of sp³-hybridized carbons (Fsp3) is 0.947. The average Bonchev–Trinajstić information content (AvgIpc) is 3.10. The minimum Gasteiger partial charge on any atom is -0.385 e. The van der Waals surface area contributed by atoms with Crippen molar-refractivity contribution in [3.05, 3.63) is 0 Å². The number of methoxy groups -OCH3 is 1. The van der Waals surface area contributed by atoms with E-state index in [-0.39, 0.29) is 4.75 Å². The maximum atomic E-state index is 5.57. The van der Waals surface area contributed by atoms with E-state index in [0.717, 1.165) is 63.9 Å². The number of hydrogen-bond acceptors (Lipinski definition) is 4. The second-order valence-electron chi connectivity index (χ2n) is 7.46. The SMILES string of the molecule is CCSC1(CNC(=NC)NCC2(CCOC)CCCC2)CCOCC1. The topological polar surface area (TPSA) is 54.9 Å². The first-order chi connectivity index (χ1) is 12.2. The van der Waals surface area contributed by atoms with E-state index in [0.29, 0.717) is 5.41 Å². The molecule has 1 aliphatic carbocycles. The quantitative estimate of drug-likeness (QED) is 0.482. The van der Waals surface area contributed by atoms with Gasteiger partial charge < -0.3 is 20.1 Å². The summed E-state index contributed by atoms with van der Waals surface area (Å²) in [5.74, 6) is 2.08. The van der Waals surface area contributed by atoms with Crippen LogP contribution in [0.5, 0.6) is 0 Å². The summed E-state index contributed by atoms with van der Waals surface area (Å²) < 4.78 is 11.2. The van der Waals surface area contributed by atoms with Gasteiger partial charge in [-0.3, -0.25) is 4.99 Å². The normalized spacial score (nSPS) is 22.8. The summed E-state index contributed by atoms with van der Waals surface area (Å²) in [6, 6.07) is 0. The summed E-state index contributed by atoms with van der Waals surface area (Å²) in [5.41, 5.74) is 0.377. The van der Waals surface area contributed by atoms with Gasteiger partial charge in [-0.15, -0.1) is 0 Å². The van der Waals surface area contributed by atoms with Crippen molar-refractivity contribution in [2.45, 2.75) is 56.6 Å². The van der Waals surface area contributed by atoms with Crippen molar-refractivity contribution in [2.75, 3.05) is 52.8 Å².